The molecule has 3 unspecified atom stereocenters. The molecule has 0 saturated heterocycles. The Labute approximate surface area is 113 Å². The second kappa shape index (κ2) is 5.79. The lowest BCUT2D eigenvalue weighted by molar-refractivity contribution is 0.152. The summed E-state index contributed by atoms with van der Waals surface area (Å²) in [5.41, 5.74) is 0. The van der Waals surface area contributed by atoms with E-state index < -0.39 is 23.1 Å². The van der Waals surface area contributed by atoms with Gasteiger partial charge in [-0.3, -0.25) is 0 Å². The summed E-state index contributed by atoms with van der Waals surface area (Å²) in [6, 6.07) is 0. The van der Waals surface area contributed by atoms with E-state index in [1.54, 1.807) is 4.89 Å². The first kappa shape index (κ1) is 15.4. The molecule has 112 valence electrons. The summed E-state index contributed by atoms with van der Waals surface area (Å²) in [6.07, 6.45) is 6.49. The maximum Gasteiger partial charge on any atom is 0.487 e. The van der Waals surface area contributed by atoms with Crippen LogP contribution in [0.3, 0.4) is 0 Å². The third kappa shape index (κ3) is 4.00. The molecule has 9 heteroatoms. The first-order chi connectivity index (χ1) is 8.80. The van der Waals surface area contributed by atoms with E-state index in [1.807, 2.05) is 0 Å². The zero-order valence-corrected chi connectivity index (χ0v) is 12.3. The van der Waals surface area contributed by atoms with Gasteiger partial charge < -0.3 is 9.79 Å². The molecule has 3 atom stereocenters. The van der Waals surface area contributed by atoms with Crippen LogP contribution in [0, 0.1) is 11.8 Å². The molecule has 0 aromatic rings. The molecule has 2 fully saturated rings. The summed E-state index contributed by atoms with van der Waals surface area (Å²) in [6.45, 7) is 0. The molecule has 19 heavy (non-hydrogen) atoms. The number of hydrogen-bond acceptors (Lipinski definition) is 4. The average molecular weight is 313 g/mol. The number of fused-ring (bicyclic) bond motifs is 1. The smallest absolute Gasteiger partial charge is 0.302 e. The van der Waals surface area contributed by atoms with Crippen LogP contribution in [0.25, 0.3) is 0 Å². The van der Waals surface area contributed by atoms with E-state index in [-0.39, 0.29) is 5.92 Å². The van der Waals surface area contributed by atoms with E-state index >= 15 is 0 Å². The van der Waals surface area contributed by atoms with E-state index in [4.69, 9.17) is 9.79 Å². The quantitative estimate of drug-likeness (QED) is 0.532. The Kier molecular flexibility index (Phi) is 4.70. The van der Waals surface area contributed by atoms with Gasteiger partial charge >= 0.3 is 7.82 Å². The molecule has 0 aliphatic heterocycles. The van der Waals surface area contributed by atoms with Crippen molar-refractivity contribution in [1.29, 1.82) is 0 Å². The molecule has 0 bridgehead atoms. The van der Waals surface area contributed by atoms with Gasteiger partial charge in [0.05, 0.1) is 5.25 Å². The molecular formula is C10H20NO6PS. The Bertz CT molecular complexity index is 459. The fourth-order valence-corrected chi connectivity index (χ4v) is 5.65. The van der Waals surface area contributed by atoms with Gasteiger partial charge in [-0.2, -0.15) is 4.62 Å². The van der Waals surface area contributed by atoms with E-state index in [2.05, 4.69) is 4.62 Å². The van der Waals surface area contributed by atoms with E-state index in [0.29, 0.717) is 12.3 Å². The van der Waals surface area contributed by atoms with Crippen molar-refractivity contribution in [3.05, 3.63) is 0 Å². The predicted octanol–water partition coefficient (Wildman–Crippen LogP) is 1.29. The molecule has 0 heterocycles. The topological polar surface area (TPSA) is 113 Å². The van der Waals surface area contributed by atoms with Crippen molar-refractivity contribution in [3.63, 3.8) is 0 Å². The summed E-state index contributed by atoms with van der Waals surface area (Å²) >= 11 is 0. The van der Waals surface area contributed by atoms with E-state index in [0.717, 1.165) is 38.5 Å². The van der Waals surface area contributed by atoms with Crippen molar-refractivity contribution in [2.75, 3.05) is 0 Å². The third-order valence-corrected chi connectivity index (χ3v) is 6.33. The van der Waals surface area contributed by atoms with Crippen molar-refractivity contribution in [1.82, 2.24) is 4.89 Å². The number of hydrogen-bond donors (Lipinski definition) is 3. The predicted molar refractivity (Wildman–Crippen MR) is 68.3 cm³/mol. The van der Waals surface area contributed by atoms with Crippen molar-refractivity contribution in [2.24, 2.45) is 11.8 Å². The Morgan fingerprint density at radius 1 is 1.05 bits per heavy atom. The lowest BCUT2D eigenvalue weighted by atomic mass is 9.71. The van der Waals surface area contributed by atoms with Gasteiger partial charge in [-0.25, -0.2) is 13.0 Å². The second-order valence-corrected chi connectivity index (χ2v) is 8.41. The monoisotopic (exact) mass is 313 g/mol. The zero-order valence-electron chi connectivity index (χ0n) is 10.6. The van der Waals surface area contributed by atoms with Crippen LogP contribution in [0.2, 0.25) is 0 Å². The second-order valence-electron chi connectivity index (χ2n) is 5.39. The first-order valence-electron chi connectivity index (χ1n) is 6.54. The molecule has 0 amide bonds. The van der Waals surface area contributed by atoms with Crippen molar-refractivity contribution in [3.8, 4) is 0 Å². The highest BCUT2D eigenvalue weighted by atomic mass is 32.2. The molecular weight excluding hydrogens is 293 g/mol. The largest absolute Gasteiger partial charge is 0.487 e. The lowest BCUT2D eigenvalue weighted by Gasteiger charge is -2.40. The summed E-state index contributed by atoms with van der Waals surface area (Å²) in [5, 5.41) is -0.599. The van der Waals surface area contributed by atoms with Crippen LogP contribution in [0.4, 0.5) is 0 Å². The number of nitrogens with one attached hydrogen (secondary N) is 1. The molecule has 0 aromatic carbocycles. The molecule has 2 aliphatic rings. The molecule has 0 spiro atoms. The first-order valence-corrected chi connectivity index (χ1v) is 9.62. The molecule has 7 nitrogen and oxygen atoms in total. The molecule has 2 saturated carbocycles. The van der Waals surface area contributed by atoms with Gasteiger partial charge in [0.25, 0.3) is 0 Å². The molecule has 2 rings (SSSR count). The normalized spacial score (nSPS) is 32.8. The Hall–Kier alpha value is 0.0200. The van der Waals surface area contributed by atoms with Crippen molar-refractivity contribution >= 4 is 17.8 Å². The minimum absolute atomic E-state index is 0.0837. The molecule has 0 aromatic heterocycles. The Morgan fingerprint density at radius 3 is 2.37 bits per heavy atom. The number of phosphoric acid groups is 1. The Balaban J connectivity index is 2.07. The number of rotatable bonds is 4. The van der Waals surface area contributed by atoms with Gasteiger partial charge in [0, 0.05) is 0 Å². The SMILES string of the molecule is O=P(O)(O)ONS(=O)(=O)C1CCCC2CCCCC21. The van der Waals surface area contributed by atoms with Crippen LogP contribution in [0.5, 0.6) is 0 Å². The van der Waals surface area contributed by atoms with Gasteiger partial charge in [-0.15, -0.1) is 0 Å². The maximum atomic E-state index is 12.1. The fourth-order valence-electron chi connectivity index (χ4n) is 3.43. The van der Waals surface area contributed by atoms with Crippen LogP contribution in [0.15, 0.2) is 0 Å². The van der Waals surface area contributed by atoms with E-state index in [1.165, 1.54) is 0 Å². The highest BCUT2D eigenvalue weighted by Gasteiger charge is 2.42. The third-order valence-electron chi connectivity index (χ3n) is 4.18. The molecule has 3 N–H and O–H groups in total. The highest BCUT2D eigenvalue weighted by Crippen LogP contribution is 2.43. The minimum atomic E-state index is -4.84. The minimum Gasteiger partial charge on any atom is -0.302 e. The van der Waals surface area contributed by atoms with Crippen LogP contribution in [0.1, 0.15) is 44.9 Å². The Morgan fingerprint density at radius 2 is 1.68 bits per heavy atom. The maximum absolute atomic E-state index is 12.1. The van der Waals surface area contributed by atoms with E-state index in [9.17, 15) is 13.0 Å². The van der Waals surface area contributed by atoms with Crippen LogP contribution < -0.4 is 4.89 Å². The summed E-state index contributed by atoms with van der Waals surface area (Å²) in [5.74, 6) is 0.500. The van der Waals surface area contributed by atoms with Crippen LogP contribution in [-0.4, -0.2) is 23.5 Å². The van der Waals surface area contributed by atoms with Gasteiger partial charge in [-0.1, -0.05) is 37.0 Å². The number of sulfonamides is 1. The molecule has 2 aliphatic carbocycles. The average Bonchev–Trinajstić information content (AvgIpc) is 2.35. The van der Waals surface area contributed by atoms with Crippen molar-refractivity contribution < 1.29 is 27.4 Å². The van der Waals surface area contributed by atoms with Gasteiger partial charge in [0.2, 0.25) is 10.0 Å². The summed E-state index contributed by atoms with van der Waals surface area (Å²) in [4.78, 5) is 18.8. The van der Waals surface area contributed by atoms with Crippen LogP contribution in [-0.2, 0) is 19.2 Å². The van der Waals surface area contributed by atoms with Crippen molar-refractivity contribution in [2.45, 2.75) is 50.2 Å². The van der Waals surface area contributed by atoms with Crippen LogP contribution >= 0.6 is 7.82 Å². The van der Waals surface area contributed by atoms with Gasteiger partial charge in [0.15, 0.2) is 0 Å². The summed E-state index contributed by atoms with van der Waals surface area (Å²) in [7, 11) is -8.69. The zero-order chi connectivity index (χ0) is 14.1. The molecule has 0 radical (unpaired) electrons. The standard InChI is InChI=1S/C10H20NO6PS/c12-18(13,14)17-11-19(15,16)10-7-3-5-8-4-1-2-6-9(8)10/h8-11H,1-7H2,(H2,12,13,14). The summed E-state index contributed by atoms with van der Waals surface area (Å²) < 4.78 is 38.8. The van der Waals surface area contributed by atoms with Gasteiger partial charge in [-0.05, 0) is 24.7 Å². The highest BCUT2D eigenvalue weighted by molar-refractivity contribution is 7.90. The lowest BCUT2D eigenvalue weighted by Crippen LogP contribution is -2.44. The fraction of sp³-hybridized carbons (Fsp3) is 1.00. The van der Waals surface area contributed by atoms with Gasteiger partial charge in [0.1, 0.15) is 0 Å².